The Bertz CT molecular complexity index is 1460. The van der Waals surface area contributed by atoms with Crippen molar-refractivity contribution >= 4 is 11.9 Å². The van der Waals surface area contributed by atoms with Crippen molar-refractivity contribution in [3.8, 4) is 57.5 Å². The summed E-state index contributed by atoms with van der Waals surface area (Å²) in [7, 11) is 0. The SMILES string of the molecule is O=C(O)C/C=C/CCCOCC(Oc1cc(OC(=O)c2ccc(O)c(O)c2)c(O)c(O)c1O)c1cc(O)c(O)c(O)c1. The number of carboxylic acids is 1. The Morgan fingerprint density at radius 3 is 2.05 bits per heavy atom. The number of esters is 1. The van der Waals surface area contributed by atoms with Gasteiger partial charge in [0.2, 0.25) is 17.2 Å². The van der Waals surface area contributed by atoms with Gasteiger partial charge in [-0.05, 0) is 43.2 Å². The van der Waals surface area contributed by atoms with E-state index in [1.807, 2.05) is 0 Å². The molecule has 0 saturated carbocycles. The van der Waals surface area contributed by atoms with Crippen LogP contribution >= 0.6 is 0 Å². The summed E-state index contributed by atoms with van der Waals surface area (Å²) in [4.78, 5) is 23.1. The first-order valence-corrected chi connectivity index (χ1v) is 12.3. The minimum absolute atomic E-state index is 0.0502. The lowest BCUT2D eigenvalue weighted by atomic mass is 10.1. The molecule has 0 saturated heterocycles. The Morgan fingerprint density at radius 1 is 0.738 bits per heavy atom. The summed E-state index contributed by atoms with van der Waals surface area (Å²) in [5, 5.41) is 88.4. The van der Waals surface area contributed by atoms with E-state index in [4.69, 9.17) is 19.3 Å². The van der Waals surface area contributed by atoms with Crippen LogP contribution in [0.5, 0.6) is 57.5 Å². The minimum Gasteiger partial charge on any atom is -0.504 e. The van der Waals surface area contributed by atoms with Crippen LogP contribution in [0, 0.1) is 0 Å². The summed E-state index contributed by atoms with van der Waals surface area (Å²) < 4.78 is 16.4. The van der Waals surface area contributed by atoms with Crippen molar-refractivity contribution < 1.29 is 69.8 Å². The number of carbonyl (C=O) groups excluding carboxylic acids is 1. The number of hydrogen-bond donors (Lipinski definition) is 9. The Kier molecular flexibility index (Phi) is 10.1. The van der Waals surface area contributed by atoms with E-state index >= 15 is 0 Å². The number of phenols is 8. The summed E-state index contributed by atoms with van der Waals surface area (Å²) in [6, 6.07) is 5.99. The molecule has 3 rings (SSSR count). The molecule has 0 heterocycles. The number of benzene rings is 3. The normalized spacial score (nSPS) is 11.8. The summed E-state index contributed by atoms with van der Waals surface area (Å²) in [5.74, 6) is -9.72. The number of carboxylic acid groups (broad SMARTS) is 1. The largest absolute Gasteiger partial charge is 0.504 e. The first kappa shape index (κ1) is 31.0. The zero-order valence-corrected chi connectivity index (χ0v) is 21.8. The van der Waals surface area contributed by atoms with Crippen molar-refractivity contribution in [2.24, 2.45) is 0 Å². The van der Waals surface area contributed by atoms with E-state index in [0.717, 1.165) is 36.4 Å². The third-order valence-corrected chi connectivity index (χ3v) is 5.71. The van der Waals surface area contributed by atoms with Gasteiger partial charge in [-0.3, -0.25) is 4.79 Å². The summed E-state index contributed by atoms with van der Waals surface area (Å²) in [6.45, 7) is -0.117. The standard InChI is InChI=1S/C28H28O14/c29-16-7-6-14(9-17(16)30)28(39)42-21-12-20(25(36)27(38)26(21)37)41-22(15-10-18(31)24(35)19(32)11-15)13-40-8-4-2-1-3-5-23(33)34/h1,3,6-7,9-12,22,29-32,35-38H,2,4-5,8,13H2,(H,33,34)/b3-1+. The van der Waals surface area contributed by atoms with Crippen LogP contribution in [0.2, 0.25) is 0 Å². The molecule has 14 nitrogen and oxygen atoms in total. The van der Waals surface area contributed by atoms with Crippen LogP contribution in [0.15, 0.2) is 48.6 Å². The fraction of sp³-hybridized carbons (Fsp3) is 0.214. The molecule has 0 aliphatic carbocycles. The molecular weight excluding hydrogens is 560 g/mol. The number of allylic oxidation sites excluding steroid dienone is 1. The molecule has 3 aromatic rings. The topological polar surface area (TPSA) is 244 Å². The molecule has 42 heavy (non-hydrogen) atoms. The van der Waals surface area contributed by atoms with Crippen molar-refractivity contribution in [2.45, 2.75) is 25.4 Å². The molecular formula is C28H28O14. The summed E-state index contributed by atoms with van der Waals surface area (Å²) >= 11 is 0. The van der Waals surface area contributed by atoms with Gasteiger partial charge in [-0.2, -0.15) is 0 Å². The number of carbonyl (C=O) groups is 2. The lowest BCUT2D eigenvalue weighted by Gasteiger charge is -2.22. The van der Waals surface area contributed by atoms with Gasteiger partial charge >= 0.3 is 11.9 Å². The highest BCUT2D eigenvalue weighted by Crippen LogP contribution is 2.50. The maximum atomic E-state index is 12.5. The van der Waals surface area contributed by atoms with E-state index in [1.165, 1.54) is 6.08 Å². The zero-order valence-electron chi connectivity index (χ0n) is 21.8. The van der Waals surface area contributed by atoms with Gasteiger partial charge in [0, 0.05) is 18.2 Å². The fourth-order valence-electron chi connectivity index (χ4n) is 3.54. The number of unbranched alkanes of at least 4 members (excludes halogenated alkanes) is 1. The summed E-state index contributed by atoms with van der Waals surface area (Å²) in [6.07, 6.45) is 2.79. The van der Waals surface area contributed by atoms with Gasteiger partial charge in [0.1, 0.15) is 6.10 Å². The van der Waals surface area contributed by atoms with Crippen molar-refractivity contribution in [2.75, 3.05) is 13.2 Å². The molecule has 1 unspecified atom stereocenters. The van der Waals surface area contributed by atoms with E-state index in [9.17, 15) is 50.4 Å². The number of aliphatic carboxylic acids is 1. The molecule has 1 atom stereocenters. The van der Waals surface area contributed by atoms with E-state index < -0.39 is 75.5 Å². The maximum Gasteiger partial charge on any atom is 0.343 e. The number of rotatable bonds is 13. The maximum absolute atomic E-state index is 12.5. The van der Waals surface area contributed by atoms with Gasteiger partial charge < -0.3 is 60.2 Å². The van der Waals surface area contributed by atoms with E-state index in [2.05, 4.69) is 0 Å². The Morgan fingerprint density at radius 2 is 1.40 bits per heavy atom. The molecule has 0 aromatic heterocycles. The second kappa shape index (κ2) is 13.7. The lowest BCUT2D eigenvalue weighted by Crippen LogP contribution is -2.16. The smallest absolute Gasteiger partial charge is 0.343 e. The first-order chi connectivity index (χ1) is 19.9. The number of phenolic OH excluding ortho intramolecular Hbond substituents is 8. The van der Waals surface area contributed by atoms with Crippen LogP contribution in [0.25, 0.3) is 0 Å². The molecule has 0 aliphatic rings. The number of aromatic hydroxyl groups is 8. The van der Waals surface area contributed by atoms with Gasteiger partial charge in [0.05, 0.1) is 18.6 Å². The van der Waals surface area contributed by atoms with Gasteiger partial charge in [-0.1, -0.05) is 12.2 Å². The molecule has 0 bridgehead atoms. The molecule has 14 heteroatoms. The predicted molar refractivity (Wildman–Crippen MR) is 142 cm³/mol. The zero-order chi connectivity index (χ0) is 31.0. The van der Waals surface area contributed by atoms with Crippen LogP contribution in [0.1, 0.15) is 41.3 Å². The second-order valence-electron chi connectivity index (χ2n) is 8.81. The van der Waals surface area contributed by atoms with Crippen molar-refractivity contribution in [1.82, 2.24) is 0 Å². The summed E-state index contributed by atoms with van der Waals surface area (Å²) in [5.41, 5.74) is -0.187. The number of ether oxygens (including phenoxy) is 3. The fourth-order valence-corrected chi connectivity index (χ4v) is 3.54. The van der Waals surface area contributed by atoms with Crippen LogP contribution in [0.4, 0.5) is 0 Å². The Labute approximate surface area is 237 Å². The van der Waals surface area contributed by atoms with Gasteiger partial charge in [0.15, 0.2) is 40.2 Å². The number of hydrogen-bond acceptors (Lipinski definition) is 13. The van der Waals surface area contributed by atoms with Crippen molar-refractivity contribution in [1.29, 1.82) is 0 Å². The Hall–Kier alpha value is -5.50. The quantitative estimate of drug-likeness (QED) is 0.0456. The van der Waals surface area contributed by atoms with Crippen LogP contribution in [-0.4, -0.2) is 71.1 Å². The highest BCUT2D eigenvalue weighted by molar-refractivity contribution is 5.92. The Balaban J connectivity index is 1.84. The third kappa shape index (κ3) is 7.79. The molecule has 9 N–H and O–H groups in total. The van der Waals surface area contributed by atoms with Crippen molar-refractivity contribution in [3.05, 3.63) is 59.7 Å². The van der Waals surface area contributed by atoms with Crippen LogP contribution in [-0.2, 0) is 9.53 Å². The van der Waals surface area contributed by atoms with E-state index in [0.29, 0.717) is 12.8 Å². The third-order valence-electron chi connectivity index (χ3n) is 5.71. The van der Waals surface area contributed by atoms with Gasteiger partial charge in [-0.15, -0.1) is 0 Å². The van der Waals surface area contributed by atoms with E-state index in [1.54, 1.807) is 6.08 Å². The van der Waals surface area contributed by atoms with Gasteiger partial charge in [-0.25, -0.2) is 4.79 Å². The molecule has 0 aliphatic heterocycles. The molecule has 0 amide bonds. The average molecular weight is 589 g/mol. The van der Waals surface area contributed by atoms with Crippen molar-refractivity contribution in [3.63, 3.8) is 0 Å². The first-order valence-electron chi connectivity index (χ1n) is 12.3. The minimum atomic E-state index is -1.22. The van der Waals surface area contributed by atoms with Gasteiger partial charge in [0.25, 0.3) is 0 Å². The predicted octanol–water partition coefficient (Wildman–Crippen LogP) is 3.50. The molecule has 0 spiro atoms. The second-order valence-corrected chi connectivity index (χ2v) is 8.81. The highest BCUT2D eigenvalue weighted by atomic mass is 16.6. The average Bonchev–Trinajstić information content (AvgIpc) is 2.94. The molecule has 0 radical (unpaired) electrons. The molecule has 224 valence electrons. The monoisotopic (exact) mass is 588 g/mol. The highest BCUT2D eigenvalue weighted by Gasteiger charge is 2.26. The molecule has 0 fully saturated rings. The van der Waals surface area contributed by atoms with Crippen LogP contribution in [0.3, 0.4) is 0 Å². The molecule has 3 aromatic carbocycles. The lowest BCUT2D eigenvalue weighted by molar-refractivity contribution is -0.136. The van der Waals surface area contributed by atoms with Crippen LogP contribution < -0.4 is 9.47 Å². The van der Waals surface area contributed by atoms with E-state index in [-0.39, 0.29) is 30.8 Å².